The zero-order chi connectivity index (χ0) is 29.8. The Kier molecular flexibility index (Phi) is 9.30. The molecule has 10 heteroatoms. The van der Waals surface area contributed by atoms with Gasteiger partial charge in [-0.25, -0.2) is 9.59 Å². The third-order valence-corrected chi connectivity index (χ3v) is 9.15. The van der Waals surface area contributed by atoms with Gasteiger partial charge in [0.2, 0.25) is 0 Å². The molecular weight excluding hydrogens is 532 g/mol. The number of para-hydroxylation sites is 1. The van der Waals surface area contributed by atoms with E-state index in [0.29, 0.717) is 51.6 Å². The van der Waals surface area contributed by atoms with Crippen LogP contribution in [-0.2, 0) is 22.4 Å². The standard InChI is InChI=1S/C32H44N6O4/c1-22-19-25(33-21-23(22)2)20-29(30(39)36-14-10-26(11-15-36)35(3)4)42-32(41)37-16-12-27(13-17-37)38-18-9-24-7-5-6-8-28(24)34-31(38)40/h5-8,19,21,26-27,29H,9-18,20H2,1-4H3,(H,34,40)/t29-/m1/s1. The van der Waals surface area contributed by atoms with Gasteiger partial charge in [0.05, 0.1) is 0 Å². The Morgan fingerprint density at radius 3 is 2.38 bits per heavy atom. The number of carbonyl (C=O) groups excluding carboxylic acids is 3. The largest absolute Gasteiger partial charge is 0.436 e. The second kappa shape index (κ2) is 13.1. The van der Waals surface area contributed by atoms with Crippen molar-refractivity contribution in [3.63, 3.8) is 0 Å². The molecular formula is C32H44N6O4. The van der Waals surface area contributed by atoms with Gasteiger partial charge in [-0.15, -0.1) is 0 Å². The lowest BCUT2D eigenvalue weighted by atomic mass is 10.0. The molecule has 2 fully saturated rings. The van der Waals surface area contributed by atoms with Gasteiger partial charge in [-0.1, -0.05) is 18.2 Å². The van der Waals surface area contributed by atoms with Gasteiger partial charge in [-0.05, 0) is 88.9 Å². The molecule has 1 N–H and O–H groups in total. The highest BCUT2D eigenvalue weighted by molar-refractivity contribution is 5.91. The summed E-state index contributed by atoms with van der Waals surface area (Å²) in [4.78, 5) is 52.3. The Hall–Kier alpha value is -3.66. The minimum absolute atomic E-state index is 0.0403. The number of likely N-dealkylation sites (tertiary alicyclic amines) is 2. The summed E-state index contributed by atoms with van der Waals surface area (Å²) in [6.07, 6.45) is 4.53. The van der Waals surface area contributed by atoms with Gasteiger partial charge >= 0.3 is 12.1 Å². The van der Waals surface area contributed by atoms with Crippen LogP contribution in [0.3, 0.4) is 0 Å². The molecule has 5 rings (SSSR count). The normalized spacial score (nSPS) is 19.3. The van der Waals surface area contributed by atoms with Crippen LogP contribution in [0.4, 0.5) is 15.3 Å². The number of pyridine rings is 1. The molecule has 226 valence electrons. The van der Waals surface area contributed by atoms with Crippen LogP contribution in [0.15, 0.2) is 36.5 Å². The van der Waals surface area contributed by atoms with Gasteiger partial charge in [0.15, 0.2) is 6.10 Å². The lowest BCUT2D eigenvalue weighted by Gasteiger charge is -2.38. The van der Waals surface area contributed by atoms with Crippen LogP contribution in [0.1, 0.15) is 48.1 Å². The summed E-state index contributed by atoms with van der Waals surface area (Å²) in [7, 11) is 4.14. The number of carbonyl (C=O) groups is 3. The van der Waals surface area contributed by atoms with Crippen LogP contribution in [0.5, 0.6) is 0 Å². The van der Waals surface area contributed by atoms with E-state index >= 15 is 0 Å². The Morgan fingerprint density at radius 2 is 1.69 bits per heavy atom. The van der Waals surface area contributed by atoms with E-state index < -0.39 is 12.2 Å². The van der Waals surface area contributed by atoms with E-state index in [2.05, 4.69) is 29.3 Å². The predicted octanol–water partition coefficient (Wildman–Crippen LogP) is 3.85. The molecule has 1 aromatic heterocycles. The molecule has 2 aromatic rings. The Balaban J connectivity index is 1.21. The number of nitrogens with zero attached hydrogens (tertiary/aromatic N) is 5. The number of urea groups is 1. The number of amides is 4. The molecule has 2 saturated heterocycles. The van der Waals surface area contributed by atoms with Gasteiger partial charge < -0.3 is 29.7 Å². The monoisotopic (exact) mass is 576 g/mol. The zero-order valence-corrected chi connectivity index (χ0v) is 25.3. The number of hydrogen-bond donors (Lipinski definition) is 1. The van der Waals surface area contributed by atoms with E-state index in [1.54, 1.807) is 11.1 Å². The summed E-state index contributed by atoms with van der Waals surface area (Å²) in [5.74, 6) is -0.156. The highest BCUT2D eigenvalue weighted by atomic mass is 16.6. The topological polar surface area (TPSA) is 98.3 Å². The zero-order valence-electron chi connectivity index (χ0n) is 25.3. The number of aromatic nitrogens is 1. The van der Waals surface area contributed by atoms with E-state index in [1.807, 2.05) is 54.0 Å². The molecule has 42 heavy (non-hydrogen) atoms. The van der Waals surface area contributed by atoms with Crippen molar-refractivity contribution in [2.45, 2.75) is 70.6 Å². The smallest absolute Gasteiger partial charge is 0.410 e. The molecule has 3 aliphatic heterocycles. The second-order valence-corrected chi connectivity index (χ2v) is 12.1. The molecule has 4 amide bonds. The molecule has 3 aliphatic rings. The maximum Gasteiger partial charge on any atom is 0.410 e. The van der Waals surface area contributed by atoms with Gasteiger partial charge in [0.25, 0.3) is 5.91 Å². The van der Waals surface area contributed by atoms with Crippen LogP contribution in [-0.4, -0.2) is 108 Å². The van der Waals surface area contributed by atoms with Gasteiger partial charge in [-0.2, -0.15) is 0 Å². The minimum Gasteiger partial charge on any atom is -0.436 e. The van der Waals surface area contributed by atoms with Crippen molar-refractivity contribution in [2.75, 3.05) is 52.1 Å². The van der Waals surface area contributed by atoms with Gasteiger partial charge in [0, 0.05) is 68.8 Å². The Bertz CT molecular complexity index is 1280. The van der Waals surface area contributed by atoms with Gasteiger partial charge in [-0.3, -0.25) is 9.78 Å². The fourth-order valence-corrected chi connectivity index (χ4v) is 6.26. The summed E-state index contributed by atoms with van der Waals surface area (Å²) in [5.41, 5.74) is 4.90. The van der Waals surface area contributed by atoms with E-state index in [9.17, 15) is 14.4 Å². The van der Waals surface area contributed by atoms with Crippen LogP contribution in [0, 0.1) is 13.8 Å². The number of anilines is 1. The molecule has 0 unspecified atom stereocenters. The van der Waals surface area contributed by atoms with Crippen LogP contribution in [0.25, 0.3) is 0 Å². The van der Waals surface area contributed by atoms with Crippen LogP contribution >= 0.6 is 0 Å². The van der Waals surface area contributed by atoms with Crippen molar-refractivity contribution in [2.24, 2.45) is 0 Å². The first-order valence-corrected chi connectivity index (χ1v) is 15.2. The van der Waals surface area contributed by atoms with E-state index in [-0.39, 0.29) is 24.4 Å². The maximum atomic E-state index is 13.7. The number of benzene rings is 1. The molecule has 10 nitrogen and oxygen atoms in total. The number of piperidine rings is 2. The molecule has 4 heterocycles. The fraction of sp³-hybridized carbons (Fsp3) is 0.562. The minimum atomic E-state index is -0.935. The SMILES string of the molecule is Cc1cnc(C[C@@H](OC(=O)N2CCC(N3CCc4ccccc4NC3=O)CC2)C(=O)N2CCC(N(C)C)CC2)cc1C. The number of nitrogens with one attached hydrogen (secondary N) is 1. The highest BCUT2D eigenvalue weighted by Gasteiger charge is 2.36. The molecule has 0 aliphatic carbocycles. The van der Waals surface area contributed by atoms with Crippen LogP contribution in [0.2, 0.25) is 0 Å². The quantitative estimate of drug-likeness (QED) is 0.561. The summed E-state index contributed by atoms with van der Waals surface area (Å²) >= 11 is 0. The Labute approximate surface area is 249 Å². The highest BCUT2D eigenvalue weighted by Crippen LogP contribution is 2.25. The lowest BCUT2D eigenvalue weighted by Crippen LogP contribution is -2.52. The van der Waals surface area contributed by atoms with Crippen LogP contribution < -0.4 is 5.32 Å². The molecule has 1 atom stereocenters. The third kappa shape index (κ3) is 6.86. The summed E-state index contributed by atoms with van der Waals surface area (Å²) < 4.78 is 5.97. The maximum absolute atomic E-state index is 13.7. The molecule has 0 bridgehead atoms. The Morgan fingerprint density at radius 1 is 1.00 bits per heavy atom. The van der Waals surface area contributed by atoms with Crippen molar-refractivity contribution < 1.29 is 19.1 Å². The van der Waals surface area contributed by atoms with Crippen molar-refractivity contribution >= 4 is 23.7 Å². The number of ether oxygens (including phenoxy) is 1. The lowest BCUT2D eigenvalue weighted by molar-refractivity contribution is -0.142. The summed E-state index contributed by atoms with van der Waals surface area (Å²) in [6, 6.07) is 10.3. The second-order valence-electron chi connectivity index (χ2n) is 12.1. The van der Waals surface area contributed by atoms with Crippen molar-refractivity contribution in [3.8, 4) is 0 Å². The molecule has 0 spiro atoms. The summed E-state index contributed by atoms with van der Waals surface area (Å²) in [5, 5.41) is 3.04. The van der Waals surface area contributed by atoms with Gasteiger partial charge in [0.1, 0.15) is 0 Å². The van der Waals surface area contributed by atoms with E-state index in [1.165, 1.54) is 0 Å². The third-order valence-electron chi connectivity index (χ3n) is 9.15. The predicted molar refractivity (Wildman–Crippen MR) is 161 cm³/mol. The average molecular weight is 577 g/mol. The first-order valence-electron chi connectivity index (χ1n) is 15.2. The number of rotatable bonds is 6. The van der Waals surface area contributed by atoms with Crippen molar-refractivity contribution in [1.29, 1.82) is 0 Å². The molecule has 1 aromatic carbocycles. The van der Waals surface area contributed by atoms with Crippen molar-refractivity contribution in [1.82, 2.24) is 24.6 Å². The first kappa shape index (κ1) is 29.8. The molecule has 0 saturated carbocycles. The van der Waals surface area contributed by atoms with Crippen molar-refractivity contribution in [3.05, 3.63) is 58.9 Å². The summed E-state index contributed by atoms with van der Waals surface area (Å²) in [6.45, 7) is 6.88. The fourth-order valence-electron chi connectivity index (χ4n) is 6.26. The number of aryl methyl sites for hydroxylation is 2. The number of hydrogen-bond acceptors (Lipinski definition) is 6. The average Bonchev–Trinajstić information content (AvgIpc) is 3.16. The molecule has 0 radical (unpaired) electrons. The van der Waals surface area contributed by atoms with E-state index in [4.69, 9.17) is 4.74 Å². The van der Waals surface area contributed by atoms with E-state index in [0.717, 1.165) is 47.3 Å². The number of fused-ring (bicyclic) bond motifs is 1. The first-order chi connectivity index (χ1) is 20.2.